The number of benzene rings is 2. The van der Waals surface area contributed by atoms with Crippen molar-refractivity contribution in [3.05, 3.63) is 70.3 Å². The first kappa shape index (κ1) is 19.8. The van der Waals surface area contributed by atoms with Gasteiger partial charge in [0.05, 0.1) is 0 Å². The van der Waals surface area contributed by atoms with Gasteiger partial charge < -0.3 is 20.7 Å². The van der Waals surface area contributed by atoms with E-state index in [-0.39, 0.29) is 6.04 Å². The second kappa shape index (κ2) is 8.91. The molecule has 1 saturated heterocycles. The number of hydrogen-bond donors (Lipinski definition) is 2. The molecular weight excluding hydrogens is 360 g/mol. The summed E-state index contributed by atoms with van der Waals surface area (Å²) in [5.41, 5.74) is 12.4. The molecule has 2 aromatic rings. The molecule has 0 aromatic heterocycles. The SMILES string of the molecule is CCN1CCN(Cc2ccc(C3=Cc4c(CN)cccc4C(C=O)N3)cc2)CC1. The summed E-state index contributed by atoms with van der Waals surface area (Å²) in [6.45, 7) is 9.38. The summed E-state index contributed by atoms with van der Waals surface area (Å²) >= 11 is 0. The molecule has 152 valence electrons. The predicted molar refractivity (Wildman–Crippen MR) is 118 cm³/mol. The molecule has 2 heterocycles. The van der Waals surface area contributed by atoms with Gasteiger partial charge in [-0.3, -0.25) is 4.90 Å². The predicted octanol–water partition coefficient (Wildman–Crippen LogP) is 2.62. The Hall–Kier alpha value is -2.47. The second-order valence-electron chi connectivity index (χ2n) is 7.85. The fourth-order valence-electron chi connectivity index (χ4n) is 4.27. The van der Waals surface area contributed by atoms with Crippen molar-refractivity contribution >= 4 is 18.1 Å². The summed E-state index contributed by atoms with van der Waals surface area (Å²) in [6, 6.07) is 14.3. The smallest absolute Gasteiger partial charge is 0.146 e. The van der Waals surface area contributed by atoms with Gasteiger partial charge in [-0.15, -0.1) is 0 Å². The second-order valence-corrected chi connectivity index (χ2v) is 7.85. The van der Waals surface area contributed by atoms with Crippen LogP contribution in [0.3, 0.4) is 0 Å². The lowest BCUT2D eigenvalue weighted by Gasteiger charge is -2.34. The number of carbonyl (C=O) groups excluding carboxylic acids is 1. The first-order valence-electron chi connectivity index (χ1n) is 10.5. The third-order valence-electron chi connectivity index (χ3n) is 6.10. The highest BCUT2D eigenvalue weighted by molar-refractivity contribution is 5.88. The van der Waals surface area contributed by atoms with Crippen LogP contribution >= 0.6 is 0 Å². The van der Waals surface area contributed by atoms with Crippen molar-refractivity contribution in [1.82, 2.24) is 15.1 Å². The molecule has 1 atom stereocenters. The summed E-state index contributed by atoms with van der Waals surface area (Å²) in [5, 5.41) is 3.38. The summed E-state index contributed by atoms with van der Waals surface area (Å²) in [5.74, 6) is 0. The van der Waals surface area contributed by atoms with Crippen LogP contribution in [0, 0.1) is 0 Å². The number of rotatable bonds is 6. The number of piperazine rings is 1. The highest BCUT2D eigenvalue weighted by atomic mass is 16.1. The lowest BCUT2D eigenvalue weighted by Crippen LogP contribution is -2.45. The fourth-order valence-corrected chi connectivity index (χ4v) is 4.27. The molecule has 5 heteroatoms. The average molecular weight is 391 g/mol. The molecule has 0 saturated carbocycles. The number of aldehydes is 1. The highest BCUT2D eigenvalue weighted by Crippen LogP contribution is 2.31. The van der Waals surface area contributed by atoms with Crippen molar-refractivity contribution in [3.8, 4) is 0 Å². The van der Waals surface area contributed by atoms with E-state index in [0.717, 1.165) is 73.5 Å². The lowest BCUT2D eigenvalue weighted by molar-refractivity contribution is -0.109. The number of nitrogens with two attached hydrogens (primary N) is 1. The number of hydrogen-bond acceptors (Lipinski definition) is 5. The van der Waals surface area contributed by atoms with Crippen molar-refractivity contribution in [2.45, 2.75) is 26.1 Å². The molecule has 5 nitrogen and oxygen atoms in total. The van der Waals surface area contributed by atoms with Gasteiger partial charge in [-0.25, -0.2) is 0 Å². The third-order valence-corrected chi connectivity index (χ3v) is 6.10. The van der Waals surface area contributed by atoms with Crippen molar-refractivity contribution < 1.29 is 4.79 Å². The minimum absolute atomic E-state index is 0.342. The summed E-state index contributed by atoms with van der Waals surface area (Å²) in [7, 11) is 0. The standard InChI is InChI=1S/C24H30N4O/c1-2-27-10-12-28(13-11-27)16-18-6-8-19(9-7-18)23-14-22-20(15-25)4-3-5-21(22)24(17-29)26-23/h3-9,14,17,24,26H,2,10-13,15-16,25H2,1H3. The largest absolute Gasteiger partial charge is 0.371 e. The van der Waals surface area contributed by atoms with E-state index >= 15 is 0 Å². The Morgan fingerprint density at radius 3 is 2.45 bits per heavy atom. The monoisotopic (exact) mass is 390 g/mol. The Bertz CT molecular complexity index is 882. The van der Waals surface area contributed by atoms with Gasteiger partial charge in [0, 0.05) is 45.0 Å². The first-order chi connectivity index (χ1) is 14.2. The van der Waals surface area contributed by atoms with E-state index in [4.69, 9.17) is 5.73 Å². The van der Waals surface area contributed by atoms with Gasteiger partial charge in [-0.2, -0.15) is 0 Å². The number of likely N-dealkylation sites (N-methyl/N-ethyl adjacent to an activating group) is 1. The molecule has 1 unspecified atom stereocenters. The summed E-state index contributed by atoms with van der Waals surface area (Å²) < 4.78 is 0. The molecular formula is C24H30N4O. The molecule has 3 N–H and O–H groups in total. The van der Waals surface area contributed by atoms with Crippen LogP contribution in [-0.4, -0.2) is 48.8 Å². The summed E-state index contributed by atoms with van der Waals surface area (Å²) in [4.78, 5) is 16.7. The molecule has 0 amide bonds. The van der Waals surface area contributed by atoms with E-state index in [2.05, 4.69) is 52.4 Å². The Labute approximate surface area is 173 Å². The van der Waals surface area contributed by atoms with Gasteiger partial charge >= 0.3 is 0 Å². The van der Waals surface area contributed by atoms with Crippen LogP contribution < -0.4 is 11.1 Å². The Morgan fingerprint density at radius 1 is 1.07 bits per heavy atom. The quantitative estimate of drug-likeness (QED) is 0.743. The molecule has 0 radical (unpaired) electrons. The average Bonchev–Trinajstić information content (AvgIpc) is 2.79. The molecule has 0 bridgehead atoms. The maximum absolute atomic E-state index is 11.7. The molecule has 2 aliphatic heterocycles. The Kier molecular flexibility index (Phi) is 6.09. The number of carbonyl (C=O) groups is 1. The molecule has 2 aromatic carbocycles. The van der Waals surface area contributed by atoms with Gasteiger partial charge in [-0.05, 0) is 40.4 Å². The highest BCUT2D eigenvalue weighted by Gasteiger charge is 2.22. The van der Waals surface area contributed by atoms with E-state index < -0.39 is 0 Å². The van der Waals surface area contributed by atoms with Crippen molar-refractivity contribution in [2.24, 2.45) is 5.73 Å². The van der Waals surface area contributed by atoms with E-state index in [9.17, 15) is 4.79 Å². The summed E-state index contributed by atoms with van der Waals surface area (Å²) in [6.07, 6.45) is 3.09. The van der Waals surface area contributed by atoms with Crippen LogP contribution in [0.1, 0.15) is 40.8 Å². The minimum Gasteiger partial charge on any atom is -0.371 e. The Morgan fingerprint density at radius 2 is 1.79 bits per heavy atom. The molecule has 29 heavy (non-hydrogen) atoms. The normalized spacial score (nSPS) is 19.9. The fraction of sp³-hybridized carbons (Fsp3) is 0.375. The molecule has 2 aliphatic rings. The zero-order valence-corrected chi connectivity index (χ0v) is 17.1. The molecule has 4 rings (SSSR count). The number of nitrogens with zero attached hydrogens (tertiary/aromatic N) is 2. The van der Waals surface area contributed by atoms with E-state index in [1.807, 2.05) is 18.2 Å². The maximum Gasteiger partial charge on any atom is 0.146 e. The minimum atomic E-state index is -0.342. The molecule has 1 fully saturated rings. The van der Waals surface area contributed by atoms with Crippen LogP contribution in [0.15, 0.2) is 42.5 Å². The zero-order valence-electron chi connectivity index (χ0n) is 17.1. The van der Waals surface area contributed by atoms with Gasteiger partial charge in [-0.1, -0.05) is 49.4 Å². The van der Waals surface area contributed by atoms with Crippen LogP contribution in [-0.2, 0) is 17.9 Å². The van der Waals surface area contributed by atoms with E-state index in [1.165, 1.54) is 5.56 Å². The Balaban J connectivity index is 1.51. The van der Waals surface area contributed by atoms with Crippen LogP contribution in [0.2, 0.25) is 0 Å². The van der Waals surface area contributed by atoms with Gasteiger partial charge in [0.1, 0.15) is 12.3 Å². The first-order valence-corrected chi connectivity index (χ1v) is 10.5. The number of fused-ring (bicyclic) bond motifs is 1. The van der Waals surface area contributed by atoms with Crippen molar-refractivity contribution in [3.63, 3.8) is 0 Å². The molecule has 0 spiro atoms. The zero-order chi connectivity index (χ0) is 20.2. The van der Waals surface area contributed by atoms with Crippen molar-refractivity contribution in [1.29, 1.82) is 0 Å². The maximum atomic E-state index is 11.7. The van der Waals surface area contributed by atoms with Gasteiger partial charge in [0.2, 0.25) is 0 Å². The van der Waals surface area contributed by atoms with Crippen LogP contribution in [0.25, 0.3) is 11.8 Å². The van der Waals surface area contributed by atoms with E-state index in [0.29, 0.717) is 6.54 Å². The molecule has 0 aliphatic carbocycles. The lowest BCUT2D eigenvalue weighted by atomic mass is 9.90. The van der Waals surface area contributed by atoms with Crippen molar-refractivity contribution in [2.75, 3.05) is 32.7 Å². The van der Waals surface area contributed by atoms with Gasteiger partial charge in [0.25, 0.3) is 0 Å². The van der Waals surface area contributed by atoms with Crippen LogP contribution in [0.5, 0.6) is 0 Å². The van der Waals surface area contributed by atoms with Crippen LogP contribution in [0.4, 0.5) is 0 Å². The number of nitrogens with one attached hydrogen (secondary N) is 1. The van der Waals surface area contributed by atoms with Gasteiger partial charge in [0.15, 0.2) is 0 Å². The third kappa shape index (κ3) is 4.27. The van der Waals surface area contributed by atoms with E-state index in [1.54, 1.807) is 0 Å². The topological polar surface area (TPSA) is 61.6 Å².